The van der Waals surface area contributed by atoms with Crippen LogP contribution in [0.5, 0.6) is 0 Å². The third kappa shape index (κ3) is 3.97. The van der Waals surface area contributed by atoms with Crippen molar-refractivity contribution in [1.29, 1.82) is 0 Å². The van der Waals surface area contributed by atoms with Crippen LogP contribution in [0.3, 0.4) is 0 Å². The molecule has 0 radical (unpaired) electrons. The highest BCUT2D eigenvalue weighted by atomic mass is 35.5. The van der Waals surface area contributed by atoms with E-state index in [-0.39, 0.29) is 17.9 Å². The number of amides is 1. The van der Waals surface area contributed by atoms with Crippen molar-refractivity contribution in [2.45, 2.75) is 43.6 Å². The number of hydrogen-bond acceptors (Lipinski definition) is 5. The Hall–Kier alpha value is -2.64. The summed E-state index contributed by atoms with van der Waals surface area (Å²) in [7, 11) is 0. The second-order valence-corrected chi connectivity index (χ2v) is 9.95. The number of aromatic nitrogens is 3. The topological polar surface area (TPSA) is 77.2 Å². The summed E-state index contributed by atoms with van der Waals surface area (Å²) >= 11 is 6.12. The molecule has 8 heteroatoms. The summed E-state index contributed by atoms with van der Waals surface area (Å²) in [6.07, 6.45) is 8.51. The number of nitrogens with one attached hydrogen (secondary N) is 2. The molecule has 2 saturated heterocycles. The van der Waals surface area contributed by atoms with Crippen LogP contribution in [0.25, 0.3) is 11.0 Å². The van der Waals surface area contributed by atoms with Gasteiger partial charge in [-0.3, -0.25) is 9.89 Å². The highest BCUT2D eigenvalue weighted by Gasteiger charge is 2.37. The Morgan fingerprint density at radius 1 is 1.06 bits per heavy atom. The fourth-order valence-corrected chi connectivity index (χ4v) is 5.63. The van der Waals surface area contributed by atoms with Gasteiger partial charge >= 0.3 is 0 Å². The lowest BCUT2D eigenvalue weighted by Crippen LogP contribution is -2.52. The van der Waals surface area contributed by atoms with Crippen LogP contribution in [0, 0.1) is 0 Å². The number of rotatable bonds is 5. The van der Waals surface area contributed by atoms with Gasteiger partial charge in [-0.2, -0.15) is 5.10 Å². The number of benzene rings is 1. The molecule has 3 aromatic rings. The first-order chi connectivity index (χ1) is 16.2. The van der Waals surface area contributed by atoms with E-state index in [0.717, 1.165) is 62.2 Å². The fraction of sp³-hybridized carbons (Fsp3) is 0.480. The number of H-pyrrole nitrogens is 1. The largest absolute Gasteiger partial charge is 0.367 e. The molecule has 1 saturated carbocycles. The number of carbonyl (C=O) groups excluding carboxylic acids is 1. The molecule has 1 amide bonds. The van der Waals surface area contributed by atoms with Crippen LogP contribution in [0.4, 0.5) is 5.69 Å². The Balaban J connectivity index is 1.23. The number of pyridine rings is 1. The van der Waals surface area contributed by atoms with Crippen molar-refractivity contribution in [1.82, 2.24) is 25.4 Å². The second kappa shape index (κ2) is 8.61. The van der Waals surface area contributed by atoms with Crippen molar-refractivity contribution in [3.63, 3.8) is 0 Å². The molecule has 2 N–H and O–H groups in total. The number of fused-ring (bicyclic) bond motifs is 1. The molecule has 0 spiro atoms. The van der Waals surface area contributed by atoms with E-state index in [1.165, 1.54) is 24.1 Å². The van der Waals surface area contributed by atoms with Crippen molar-refractivity contribution in [3.05, 3.63) is 52.8 Å². The second-order valence-electron chi connectivity index (χ2n) is 9.51. The molecule has 1 aromatic carbocycles. The van der Waals surface area contributed by atoms with E-state index in [2.05, 4.69) is 30.3 Å². The lowest BCUT2D eigenvalue weighted by molar-refractivity contribution is -0.133. The average molecular weight is 465 g/mol. The maximum atomic E-state index is 13.8. The van der Waals surface area contributed by atoms with Crippen molar-refractivity contribution < 1.29 is 4.79 Å². The minimum absolute atomic E-state index is 0.167. The van der Waals surface area contributed by atoms with Gasteiger partial charge in [0.1, 0.15) is 0 Å². The van der Waals surface area contributed by atoms with Crippen LogP contribution in [-0.2, 0) is 4.79 Å². The average Bonchev–Trinajstić information content (AvgIpc) is 3.33. The molecular weight excluding hydrogens is 436 g/mol. The monoisotopic (exact) mass is 464 g/mol. The molecule has 6 rings (SSSR count). The lowest BCUT2D eigenvalue weighted by atomic mass is 9.89. The lowest BCUT2D eigenvalue weighted by Gasteiger charge is -2.39. The van der Waals surface area contributed by atoms with Gasteiger partial charge in [0.2, 0.25) is 5.91 Å². The molecule has 2 atom stereocenters. The van der Waals surface area contributed by atoms with Crippen LogP contribution in [-0.4, -0.2) is 64.8 Å². The standard InChI is InChI=1S/C25H29ClN6O/c26-18-7-5-17(6-8-18)22(21-2-1-9-27-21)25(33)32-12-10-31(11-13-32)23-19(16-3-4-16)14-28-24-20(23)15-29-30-24/h5-8,14-16,21-22,27H,1-4,9-13H2,(H,28,29,30)/t21-,22-/m0/s1. The SMILES string of the molecule is O=C([C@@H](c1ccc(Cl)cc1)[C@@H]1CCCN1)N1CCN(c2c(C3CC3)cnc3[nH]ncc23)CC1. The Bertz CT molecular complexity index is 1140. The van der Waals surface area contributed by atoms with Gasteiger partial charge in [0, 0.05) is 43.4 Å². The zero-order chi connectivity index (χ0) is 22.4. The quantitative estimate of drug-likeness (QED) is 0.602. The third-order valence-corrected chi connectivity index (χ3v) is 7.65. The predicted octanol–water partition coefficient (Wildman–Crippen LogP) is 3.67. The third-order valence-electron chi connectivity index (χ3n) is 7.40. The van der Waals surface area contributed by atoms with Crippen LogP contribution in [0.15, 0.2) is 36.7 Å². The molecular formula is C25H29ClN6O. The number of nitrogens with zero attached hydrogens (tertiary/aromatic N) is 4. The minimum Gasteiger partial charge on any atom is -0.367 e. The maximum absolute atomic E-state index is 13.8. The van der Waals surface area contributed by atoms with E-state index < -0.39 is 0 Å². The van der Waals surface area contributed by atoms with E-state index in [9.17, 15) is 4.79 Å². The van der Waals surface area contributed by atoms with E-state index in [4.69, 9.17) is 11.6 Å². The number of hydrogen-bond donors (Lipinski definition) is 2. The van der Waals surface area contributed by atoms with E-state index >= 15 is 0 Å². The molecule has 3 aliphatic rings. The fourth-order valence-electron chi connectivity index (χ4n) is 5.51. The van der Waals surface area contributed by atoms with Gasteiger partial charge in [0.25, 0.3) is 0 Å². The first-order valence-corrected chi connectivity index (χ1v) is 12.4. The van der Waals surface area contributed by atoms with Gasteiger partial charge in [0.05, 0.1) is 23.2 Å². The molecule has 1 aliphatic carbocycles. The Labute approximate surface area is 198 Å². The molecule has 3 fully saturated rings. The first kappa shape index (κ1) is 20.9. The van der Waals surface area contributed by atoms with Gasteiger partial charge < -0.3 is 15.1 Å². The summed E-state index contributed by atoms with van der Waals surface area (Å²) in [6, 6.07) is 7.99. The van der Waals surface area contributed by atoms with E-state index in [0.29, 0.717) is 10.9 Å². The van der Waals surface area contributed by atoms with Gasteiger partial charge in [-0.1, -0.05) is 23.7 Å². The molecule has 4 heterocycles. The number of aromatic amines is 1. The van der Waals surface area contributed by atoms with Crippen molar-refractivity contribution in [2.75, 3.05) is 37.6 Å². The van der Waals surface area contributed by atoms with Gasteiger partial charge in [-0.05, 0) is 61.4 Å². The van der Waals surface area contributed by atoms with Gasteiger partial charge in [-0.15, -0.1) is 0 Å². The van der Waals surface area contributed by atoms with Gasteiger partial charge in [-0.25, -0.2) is 4.98 Å². The normalized spacial score (nSPS) is 22.2. The van der Waals surface area contributed by atoms with Crippen molar-refractivity contribution >= 4 is 34.2 Å². The van der Waals surface area contributed by atoms with Crippen LogP contribution in [0.1, 0.15) is 48.6 Å². The zero-order valence-corrected chi connectivity index (χ0v) is 19.4. The molecule has 0 unspecified atom stereocenters. The van der Waals surface area contributed by atoms with Crippen LogP contribution in [0.2, 0.25) is 5.02 Å². The van der Waals surface area contributed by atoms with Gasteiger partial charge in [0.15, 0.2) is 5.65 Å². The smallest absolute Gasteiger partial charge is 0.231 e. The summed E-state index contributed by atoms with van der Waals surface area (Å²) < 4.78 is 0. The minimum atomic E-state index is -0.167. The molecule has 2 aromatic heterocycles. The highest BCUT2D eigenvalue weighted by Crippen LogP contribution is 2.46. The molecule has 2 aliphatic heterocycles. The number of anilines is 1. The molecule has 0 bridgehead atoms. The Kier molecular flexibility index (Phi) is 5.46. The molecule has 33 heavy (non-hydrogen) atoms. The Morgan fingerprint density at radius 2 is 1.85 bits per heavy atom. The van der Waals surface area contributed by atoms with Crippen LogP contribution >= 0.6 is 11.6 Å². The van der Waals surface area contributed by atoms with Crippen molar-refractivity contribution in [2.24, 2.45) is 0 Å². The first-order valence-electron chi connectivity index (χ1n) is 12.0. The zero-order valence-electron chi connectivity index (χ0n) is 18.6. The summed E-state index contributed by atoms with van der Waals surface area (Å²) in [5.74, 6) is 0.663. The summed E-state index contributed by atoms with van der Waals surface area (Å²) in [5.41, 5.74) is 4.48. The molecule has 172 valence electrons. The van der Waals surface area contributed by atoms with E-state index in [1.807, 2.05) is 36.7 Å². The number of carbonyl (C=O) groups is 1. The Morgan fingerprint density at radius 3 is 2.55 bits per heavy atom. The number of halogens is 1. The maximum Gasteiger partial charge on any atom is 0.231 e. The summed E-state index contributed by atoms with van der Waals surface area (Å²) in [4.78, 5) is 22.9. The summed E-state index contributed by atoms with van der Waals surface area (Å²) in [6.45, 7) is 4.06. The highest BCUT2D eigenvalue weighted by molar-refractivity contribution is 6.30. The molecule has 7 nitrogen and oxygen atoms in total. The van der Waals surface area contributed by atoms with Crippen molar-refractivity contribution in [3.8, 4) is 0 Å². The van der Waals surface area contributed by atoms with Crippen LogP contribution < -0.4 is 10.2 Å². The number of piperazine rings is 1. The van der Waals surface area contributed by atoms with E-state index in [1.54, 1.807) is 0 Å². The predicted molar refractivity (Wildman–Crippen MR) is 130 cm³/mol. The summed E-state index contributed by atoms with van der Waals surface area (Å²) in [5, 5.41) is 12.6.